The van der Waals surface area contributed by atoms with Gasteiger partial charge in [-0.2, -0.15) is 105 Å². The molecule has 6 saturated carbocycles. The molecule has 6 aliphatic carbocycles. The SMILES string of the molecule is COCCOCOC12CC3CC(C1)CC(C(C)CC1C(C4C5CC(C4C)C(C(OCOCCOC)(C(F)(F)F)C(F)(F)F)C5)C(C)(C)OC1(C(F)(F)C(F)(F)C(F)(F)C(F)(F)F)C(F)(F)C(F)(F)C(F)(F)C(F)(F)F)(C3)C2. The van der Waals surface area contributed by atoms with Crippen molar-refractivity contribution in [2.45, 2.75) is 168 Å². The van der Waals surface area contributed by atoms with E-state index in [2.05, 4.69) is 9.47 Å². The highest BCUT2D eigenvalue weighted by atomic mass is 19.4. The van der Waals surface area contributed by atoms with Gasteiger partial charge in [-0.1, -0.05) is 13.8 Å². The van der Waals surface area contributed by atoms with Gasteiger partial charge in [0.1, 0.15) is 13.6 Å². The topological polar surface area (TPSA) is 64.6 Å². The number of fused-ring (bicyclic) bond motifs is 2. The van der Waals surface area contributed by atoms with Crippen molar-refractivity contribution in [3.05, 3.63) is 0 Å². The highest BCUT2D eigenvalue weighted by molar-refractivity contribution is 5.29. The lowest BCUT2D eigenvalue weighted by atomic mass is 9.44. The normalized spacial score (nSPS) is 33.7. The number of rotatable bonds is 23. The van der Waals surface area contributed by atoms with Crippen molar-refractivity contribution in [2.75, 3.05) is 54.2 Å². The Morgan fingerprint density at radius 2 is 1.01 bits per heavy atom. The van der Waals surface area contributed by atoms with Crippen LogP contribution in [0.15, 0.2) is 0 Å². The molecule has 7 rings (SSSR count). The summed E-state index contributed by atoms with van der Waals surface area (Å²) < 4.78 is 404. The van der Waals surface area contributed by atoms with E-state index in [1.54, 1.807) is 0 Å². The first-order valence-electron chi connectivity index (χ1n) is 24.3. The van der Waals surface area contributed by atoms with Crippen LogP contribution in [-0.4, -0.2) is 137 Å². The zero-order valence-electron chi connectivity index (χ0n) is 41.8. The Morgan fingerprint density at radius 3 is 1.43 bits per heavy atom. The molecule has 77 heavy (non-hydrogen) atoms. The van der Waals surface area contributed by atoms with Gasteiger partial charge in [0.25, 0.3) is 5.60 Å². The fraction of sp³-hybridized carbons (Fsp3) is 1.00. The fourth-order valence-electron chi connectivity index (χ4n) is 15.3. The maximum Gasteiger partial charge on any atom is 0.460 e. The Morgan fingerprint density at radius 1 is 0.558 bits per heavy atom. The van der Waals surface area contributed by atoms with Gasteiger partial charge in [-0.05, 0) is 124 Å². The average molecular weight is 1180 g/mol. The van der Waals surface area contributed by atoms with Crippen LogP contribution >= 0.6 is 0 Å². The summed E-state index contributed by atoms with van der Waals surface area (Å²) >= 11 is 0. The summed E-state index contributed by atoms with van der Waals surface area (Å²) in [7, 11) is 2.40. The smallest absolute Gasteiger partial charge is 0.382 e. The minimum absolute atomic E-state index is 0.0493. The molecule has 31 heteroatoms. The molecule has 0 spiro atoms. The van der Waals surface area contributed by atoms with Crippen LogP contribution < -0.4 is 0 Å². The molecule has 0 aromatic heterocycles. The number of ether oxygens (including phenoxy) is 7. The molecule has 1 saturated heterocycles. The molecule has 1 aliphatic heterocycles. The van der Waals surface area contributed by atoms with Crippen molar-refractivity contribution >= 4 is 0 Å². The first-order valence-corrected chi connectivity index (χ1v) is 24.3. The Hall–Kier alpha value is -1.96. The second-order valence-corrected chi connectivity index (χ2v) is 22.7. The average Bonchev–Trinajstić information content (AvgIpc) is 3.90. The molecule has 0 amide bonds. The highest BCUT2D eigenvalue weighted by Gasteiger charge is 2.99. The van der Waals surface area contributed by atoms with Gasteiger partial charge in [0.05, 0.1) is 37.6 Å². The van der Waals surface area contributed by atoms with Crippen molar-refractivity contribution in [1.29, 1.82) is 0 Å². The fourth-order valence-corrected chi connectivity index (χ4v) is 15.3. The maximum atomic E-state index is 17.5. The second kappa shape index (κ2) is 20.1. The molecule has 10 unspecified atom stereocenters. The number of hydrogen-bond acceptors (Lipinski definition) is 7. The Labute approximate surface area is 425 Å². The van der Waals surface area contributed by atoms with E-state index in [0.29, 0.717) is 6.42 Å². The van der Waals surface area contributed by atoms with E-state index < -0.39 is 187 Å². The van der Waals surface area contributed by atoms with Crippen LogP contribution in [0.3, 0.4) is 0 Å². The van der Waals surface area contributed by atoms with E-state index in [1.165, 1.54) is 7.11 Å². The van der Waals surface area contributed by atoms with Crippen LogP contribution in [0.5, 0.6) is 0 Å². The molecule has 10 atom stereocenters. The zero-order chi connectivity index (χ0) is 58.8. The first-order chi connectivity index (χ1) is 34.7. The lowest BCUT2D eigenvalue weighted by Gasteiger charge is -2.64. The van der Waals surface area contributed by atoms with Crippen LogP contribution in [0.25, 0.3) is 0 Å². The highest BCUT2D eigenvalue weighted by Crippen LogP contribution is 2.77. The van der Waals surface area contributed by atoms with Gasteiger partial charge < -0.3 is 33.2 Å². The van der Waals surface area contributed by atoms with E-state index in [9.17, 15) is 26.3 Å². The molecular formula is C46H58F24O7. The van der Waals surface area contributed by atoms with E-state index in [-0.39, 0.29) is 65.8 Å². The van der Waals surface area contributed by atoms with Crippen LogP contribution in [-0.2, 0) is 33.2 Å². The van der Waals surface area contributed by atoms with E-state index >= 15 is 79.0 Å². The van der Waals surface area contributed by atoms with Crippen molar-refractivity contribution in [3.63, 3.8) is 0 Å². The standard InChI is InChI=1S/C46H58F24O7/c1-22(33-15-24-12-25(16-33)18-34(17-24,19-33)75-20-73-9-7-71-5)11-29-31(30-23(2)27-13-26(30)14-28(27)36(43(59,60)61,44(62,63)64)76-21-74-10-8-72-6)32(3,4)77-35(29,37(47,48)39(51,52)41(55,56)45(65,66)67)38(49,50)40(53,54)42(57,58)46(68,69)70/h22-31H,7-21H2,1-6H3. The minimum Gasteiger partial charge on any atom is -0.382 e. The van der Waals surface area contributed by atoms with Crippen molar-refractivity contribution in [1.82, 2.24) is 0 Å². The summed E-state index contributed by atoms with van der Waals surface area (Å²) in [5.41, 5.74) is -18.6. The Balaban J connectivity index is 1.61. The lowest BCUT2D eigenvalue weighted by molar-refractivity contribution is -0.473. The zero-order valence-corrected chi connectivity index (χ0v) is 41.8. The third-order valence-corrected chi connectivity index (χ3v) is 18.0. The number of halogens is 24. The number of alkyl halides is 24. The summed E-state index contributed by atoms with van der Waals surface area (Å²) in [4.78, 5) is 0. The molecule has 0 radical (unpaired) electrons. The number of methoxy groups -OCH3 is 2. The third-order valence-electron chi connectivity index (χ3n) is 18.0. The molecule has 6 bridgehead atoms. The minimum atomic E-state index is -8.55. The maximum absolute atomic E-state index is 17.5. The molecule has 452 valence electrons. The summed E-state index contributed by atoms with van der Waals surface area (Å²) in [5.74, 6) is -71.2. The summed E-state index contributed by atoms with van der Waals surface area (Å²) in [6, 6.07) is 0. The van der Waals surface area contributed by atoms with Gasteiger partial charge >= 0.3 is 60.2 Å². The predicted molar refractivity (Wildman–Crippen MR) is 215 cm³/mol. The lowest BCUT2D eigenvalue weighted by Crippen LogP contribution is -2.80. The van der Waals surface area contributed by atoms with Crippen LogP contribution in [0, 0.1) is 64.6 Å². The molecule has 7 fully saturated rings. The molecular weight excluding hydrogens is 1120 g/mol. The summed E-state index contributed by atoms with van der Waals surface area (Å²) in [5, 5.41) is 0. The van der Waals surface area contributed by atoms with Gasteiger partial charge in [0.15, 0.2) is 0 Å². The molecule has 7 nitrogen and oxygen atoms in total. The van der Waals surface area contributed by atoms with Crippen LogP contribution in [0.1, 0.15) is 85.5 Å². The van der Waals surface area contributed by atoms with Crippen LogP contribution in [0.4, 0.5) is 105 Å². The largest absolute Gasteiger partial charge is 0.460 e. The van der Waals surface area contributed by atoms with Crippen LogP contribution in [0.2, 0.25) is 0 Å². The summed E-state index contributed by atoms with van der Waals surface area (Å²) in [6.07, 6.45) is -32.8. The predicted octanol–water partition coefficient (Wildman–Crippen LogP) is 14.1. The van der Waals surface area contributed by atoms with Gasteiger partial charge in [-0.15, -0.1) is 0 Å². The molecule has 7 aliphatic rings. The Bertz CT molecular complexity index is 1980. The Kier molecular flexibility index (Phi) is 16.8. The van der Waals surface area contributed by atoms with Gasteiger partial charge in [0.2, 0.25) is 5.60 Å². The molecule has 0 aromatic carbocycles. The van der Waals surface area contributed by atoms with Gasteiger partial charge in [0, 0.05) is 26.1 Å². The quantitative estimate of drug-likeness (QED) is 0.0574. The van der Waals surface area contributed by atoms with E-state index in [0.717, 1.165) is 21.0 Å². The monoisotopic (exact) mass is 1180 g/mol. The van der Waals surface area contributed by atoms with Gasteiger partial charge in [-0.25, -0.2) is 0 Å². The first kappa shape index (κ1) is 64.2. The third kappa shape index (κ3) is 9.60. The summed E-state index contributed by atoms with van der Waals surface area (Å²) in [6.45, 7) is -1.00. The van der Waals surface area contributed by atoms with E-state index in [4.69, 9.17) is 23.7 Å². The molecule has 1 heterocycles. The molecule has 0 N–H and O–H groups in total. The second-order valence-electron chi connectivity index (χ2n) is 22.7. The van der Waals surface area contributed by atoms with Gasteiger partial charge in [-0.3, -0.25) is 0 Å². The van der Waals surface area contributed by atoms with Crippen molar-refractivity contribution in [2.24, 2.45) is 64.6 Å². The van der Waals surface area contributed by atoms with Crippen molar-refractivity contribution < 1.29 is 139 Å². The number of hydrogen-bond donors (Lipinski definition) is 0. The van der Waals surface area contributed by atoms with E-state index in [1.807, 2.05) is 0 Å². The van der Waals surface area contributed by atoms with Crippen molar-refractivity contribution in [3.8, 4) is 0 Å². The molecule has 0 aromatic rings.